The third-order valence-electron chi connectivity index (χ3n) is 6.14. The number of aryl methyl sites for hydroxylation is 1. The molecule has 1 aliphatic heterocycles. The number of benzene rings is 2. The number of nitrogens with two attached hydrogens (primary N) is 2. The van der Waals surface area contributed by atoms with Gasteiger partial charge < -0.3 is 31.7 Å². The lowest BCUT2D eigenvalue weighted by atomic mass is 10.1. The van der Waals surface area contributed by atoms with Gasteiger partial charge in [-0.05, 0) is 44.0 Å². The number of carbonyl (C=O) groups is 3. The highest BCUT2D eigenvalue weighted by atomic mass is 19.4. The Bertz CT molecular complexity index is 1340. The van der Waals surface area contributed by atoms with Gasteiger partial charge in [-0.25, -0.2) is 0 Å². The Labute approximate surface area is 235 Å². The number of rotatable bonds is 8. The van der Waals surface area contributed by atoms with Crippen LogP contribution in [0.3, 0.4) is 0 Å². The van der Waals surface area contributed by atoms with Crippen molar-refractivity contribution in [3.63, 3.8) is 0 Å². The van der Waals surface area contributed by atoms with E-state index in [1.807, 2.05) is 30.3 Å². The largest absolute Gasteiger partial charge is 0.573 e. The number of hydrogen-bond acceptors (Lipinski definition) is 7. The first kappa shape index (κ1) is 31.3. The quantitative estimate of drug-likeness (QED) is 0.323. The maximum Gasteiger partial charge on any atom is 0.573 e. The SMILES string of the molecule is Cc1ccc(OC(F)(F)F)cc1.NC1CCN(C(=O)CCC(N)C(=O)NCC(=O)Nc2cnc3ccccc3c2)C1. The maximum atomic E-state index is 12.1. The first-order chi connectivity index (χ1) is 19.4. The van der Waals surface area contributed by atoms with Gasteiger partial charge >= 0.3 is 6.36 Å². The van der Waals surface area contributed by atoms with Crippen molar-refractivity contribution in [2.24, 2.45) is 11.5 Å². The van der Waals surface area contributed by atoms with Crippen molar-refractivity contribution in [1.29, 1.82) is 0 Å². The Morgan fingerprint density at radius 1 is 1.15 bits per heavy atom. The normalized spacial score (nSPS) is 15.5. The lowest BCUT2D eigenvalue weighted by molar-refractivity contribution is -0.274. The number of nitrogens with one attached hydrogen (secondary N) is 2. The molecule has 6 N–H and O–H groups in total. The van der Waals surface area contributed by atoms with Gasteiger partial charge in [0.2, 0.25) is 17.7 Å². The van der Waals surface area contributed by atoms with Crippen LogP contribution in [-0.2, 0) is 14.4 Å². The molecule has 0 saturated carbocycles. The summed E-state index contributed by atoms with van der Waals surface area (Å²) in [6, 6.07) is 14.2. The van der Waals surface area contributed by atoms with Gasteiger partial charge in [-0.15, -0.1) is 13.2 Å². The molecule has 3 amide bonds. The van der Waals surface area contributed by atoms with E-state index in [9.17, 15) is 27.6 Å². The van der Waals surface area contributed by atoms with Gasteiger partial charge in [0.1, 0.15) is 5.75 Å². The highest BCUT2D eigenvalue weighted by molar-refractivity contribution is 5.96. The molecular weight excluding hydrogens is 541 g/mol. The molecule has 3 aromatic rings. The second-order valence-electron chi connectivity index (χ2n) is 9.58. The summed E-state index contributed by atoms with van der Waals surface area (Å²) in [4.78, 5) is 42.2. The zero-order valence-electron chi connectivity index (χ0n) is 22.5. The summed E-state index contributed by atoms with van der Waals surface area (Å²) in [6.07, 6.45) is -1.86. The highest BCUT2D eigenvalue weighted by Gasteiger charge is 2.31. The fourth-order valence-corrected chi connectivity index (χ4v) is 3.97. The Hall–Kier alpha value is -4.23. The molecule has 1 aliphatic rings. The molecule has 0 bridgehead atoms. The summed E-state index contributed by atoms with van der Waals surface area (Å²) in [5.41, 5.74) is 13.9. The van der Waals surface area contributed by atoms with Crippen molar-refractivity contribution in [2.45, 2.75) is 44.6 Å². The molecule has 13 heteroatoms. The molecule has 1 saturated heterocycles. The van der Waals surface area contributed by atoms with Crippen LogP contribution in [-0.4, -0.2) is 65.7 Å². The first-order valence-corrected chi connectivity index (χ1v) is 12.9. The van der Waals surface area contributed by atoms with E-state index in [1.165, 1.54) is 12.1 Å². The van der Waals surface area contributed by atoms with Gasteiger partial charge in [-0.1, -0.05) is 35.9 Å². The van der Waals surface area contributed by atoms with Crippen molar-refractivity contribution < 1.29 is 32.3 Å². The number of halogens is 3. The van der Waals surface area contributed by atoms with Crippen LogP contribution >= 0.6 is 0 Å². The molecule has 10 nitrogen and oxygen atoms in total. The monoisotopic (exact) mass is 574 g/mol. The summed E-state index contributed by atoms with van der Waals surface area (Å²) in [5, 5.41) is 6.09. The van der Waals surface area contributed by atoms with Crippen LogP contribution in [0.4, 0.5) is 18.9 Å². The second-order valence-corrected chi connectivity index (χ2v) is 9.58. The predicted molar refractivity (Wildman–Crippen MR) is 148 cm³/mol. The van der Waals surface area contributed by atoms with Crippen LogP contribution in [0.1, 0.15) is 24.8 Å². The molecule has 2 unspecified atom stereocenters. The second kappa shape index (κ2) is 14.4. The summed E-state index contributed by atoms with van der Waals surface area (Å²) in [6.45, 7) is 2.76. The third kappa shape index (κ3) is 10.7. The molecular formula is C28H33F3N6O4. The average Bonchev–Trinajstić information content (AvgIpc) is 3.37. The number of alkyl halides is 3. The number of aromatic nitrogens is 1. The van der Waals surface area contributed by atoms with Gasteiger partial charge in [-0.2, -0.15) is 0 Å². The van der Waals surface area contributed by atoms with E-state index >= 15 is 0 Å². The maximum absolute atomic E-state index is 12.1. The van der Waals surface area contributed by atoms with Crippen molar-refractivity contribution >= 4 is 34.3 Å². The molecule has 2 aromatic carbocycles. The predicted octanol–water partition coefficient (Wildman–Crippen LogP) is 2.85. The Balaban J connectivity index is 0.000000322. The van der Waals surface area contributed by atoms with Gasteiger partial charge in [-0.3, -0.25) is 19.4 Å². The van der Waals surface area contributed by atoms with Gasteiger partial charge in [0.25, 0.3) is 0 Å². The van der Waals surface area contributed by atoms with E-state index in [0.29, 0.717) is 18.8 Å². The Morgan fingerprint density at radius 3 is 2.51 bits per heavy atom. The summed E-state index contributed by atoms with van der Waals surface area (Å²) < 4.78 is 38.5. The average molecular weight is 575 g/mol. The van der Waals surface area contributed by atoms with Gasteiger partial charge in [0.05, 0.1) is 30.0 Å². The zero-order chi connectivity index (χ0) is 30.0. The van der Waals surface area contributed by atoms with Gasteiger partial charge in [0, 0.05) is 30.9 Å². The van der Waals surface area contributed by atoms with Gasteiger partial charge in [0.15, 0.2) is 0 Å². The smallest absolute Gasteiger partial charge is 0.406 e. The number of likely N-dealkylation sites (tertiary alicyclic amines) is 1. The van der Waals surface area contributed by atoms with Crippen molar-refractivity contribution in [2.75, 3.05) is 25.0 Å². The van der Waals surface area contributed by atoms with E-state index in [2.05, 4.69) is 20.4 Å². The molecule has 2 heterocycles. The van der Waals surface area contributed by atoms with E-state index in [1.54, 1.807) is 30.2 Å². The van der Waals surface area contributed by atoms with E-state index in [4.69, 9.17) is 11.5 Å². The third-order valence-corrected chi connectivity index (χ3v) is 6.14. The molecule has 220 valence electrons. The van der Waals surface area contributed by atoms with Crippen molar-refractivity contribution in [3.05, 3.63) is 66.4 Å². The van der Waals surface area contributed by atoms with Crippen molar-refractivity contribution in [1.82, 2.24) is 15.2 Å². The molecule has 1 aromatic heterocycles. The molecule has 1 fully saturated rings. The molecule has 0 radical (unpaired) electrons. The minimum atomic E-state index is -4.60. The molecule has 0 aliphatic carbocycles. The number of para-hydroxylation sites is 1. The molecule has 4 rings (SSSR count). The fourth-order valence-electron chi connectivity index (χ4n) is 3.97. The lowest BCUT2D eigenvalue weighted by Gasteiger charge is -2.17. The van der Waals surface area contributed by atoms with E-state index in [-0.39, 0.29) is 43.0 Å². The topological polar surface area (TPSA) is 153 Å². The molecule has 0 spiro atoms. The van der Waals surface area contributed by atoms with Crippen LogP contribution in [0.15, 0.2) is 60.8 Å². The number of anilines is 1. The first-order valence-electron chi connectivity index (χ1n) is 12.9. The van der Waals surface area contributed by atoms with Crippen LogP contribution < -0.4 is 26.8 Å². The number of hydrogen-bond donors (Lipinski definition) is 4. The fraction of sp³-hybridized carbons (Fsp3) is 0.357. The van der Waals surface area contributed by atoms with E-state index < -0.39 is 18.3 Å². The summed E-state index contributed by atoms with van der Waals surface area (Å²) >= 11 is 0. The van der Waals surface area contributed by atoms with Crippen LogP contribution in [0.25, 0.3) is 10.9 Å². The summed E-state index contributed by atoms with van der Waals surface area (Å²) in [7, 11) is 0. The van der Waals surface area contributed by atoms with Crippen LogP contribution in [0.2, 0.25) is 0 Å². The number of ether oxygens (including phenoxy) is 1. The number of amides is 3. The Kier molecular flexibility index (Phi) is 11.0. The standard InChI is InChI=1S/C20H26N6O3.C8H7F3O/c21-14-7-8-26(12-14)19(28)6-5-16(22)20(29)24-11-18(27)25-15-9-13-3-1-2-4-17(13)23-10-15;1-6-2-4-7(5-3-6)12-8(9,10)11/h1-4,9-10,14,16H,5-8,11-12,21-22H2,(H,24,29)(H,25,27);2-5H,1H3. The molecule has 2 atom stereocenters. The number of nitrogens with zero attached hydrogens (tertiary/aromatic N) is 2. The zero-order valence-corrected chi connectivity index (χ0v) is 22.5. The minimum Gasteiger partial charge on any atom is -0.406 e. The van der Waals surface area contributed by atoms with Crippen LogP contribution in [0.5, 0.6) is 5.75 Å². The highest BCUT2D eigenvalue weighted by Crippen LogP contribution is 2.22. The number of pyridine rings is 1. The molecule has 41 heavy (non-hydrogen) atoms. The Morgan fingerprint density at radius 2 is 1.85 bits per heavy atom. The lowest BCUT2D eigenvalue weighted by Crippen LogP contribution is -2.44. The minimum absolute atomic E-state index is 0.0206. The van der Waals surface area contributed by atoms with E-state index in [0.717, 1.165) is 22.9 Å². The number of fused-ring (bicyclic) bond motifs is 1. The summed E-state index contributed by atoms with van der Waals surface area (Å²) in [5.74, 6) is -1.09. The number of carbonyl (C=O) groups excluding carboxylic acids is 3. The van der Waals surface area contributed by atoms with Crippen molar-refractivity contribution in [3.8, 4) is 5.75 Å². The van der Waals surface area contributed by atoms with Crippen LogP contribution in [0, 0.1) is 6.92 Å².